The molecule has 0 bridgehead atoms. The van der Waals surface area contributed by atoms with E-state index in [1.54, 1.807) is 0 Å². The zero-order chi connectivity index (χ0) is 10.3. The summed E-state index contributed by atoms with van der Waals surface area (Å²) in [7, 11) is 0. The summed E-state index contributed by atoms with van der Waals surface area (Å²) in [6.07, 6.45) is 7.21. The second-order valence-corrected chi connectivity index (χ2v) is 4.57. The van der Waals surface area contributed by atoms with Crippen molar-refractivity contribution in [1.82, 2.24) is 0 Å². The Morgan fingerprint density at radius 2 is 1.77 bits per heavy atom. The minimum atomic E-state index is 0.863. The van der Waals surface area contributed by atoms with Crippen molar-refractivity contribution in [1.29, 1.82) is 0 Å². The van der Waals surface area contributed by atoms with Gasteiger partial charge in [0.2, 0.25) is 0 Å². The van der Waals surface area contributed by atoms with E-state index in [4.69, 9.17) is 0 Å². The maximum absolute atomic E-state index is 3.76. The predicted molar refractivity (Wildman–Crippen MR) is 61.8 cm³/mol. The van der Waals surface area contributed by atoms with E-state index in [9.17, 15) is 0 Å². The van der Waals surface area contributed by atoms with Crippen LogP contribution in [-0.2, 0) is 0 Å². The van der Waals surface area contributed by atoms with Crippen molar-refractivity contribution in [3.63, 3.8) is 0 Å². The molecule has 13 heavy (non-hydrogen) atoms. The van der Waals surface area contributed by atoms with E-state index in [1.165, 1.54) is 25.7 Å². The molecule has 0 aliphatic carbocycles. The van der Waals surface area contributed by atoms with Gasteiger partial charge < -0.3 is 0 Å². The molecule has 3 unspecified atom stereocenters. The molecule has 0 amide bonds. The van der Waals surface area contributed by atoms with E-state index in [2.05, 4.69) is 34.3 Å². The molecule has 0 aliphatic heterocycles. The van der Waals surface area contributed by atoms with Crippen LogP contribution in [0.3, 0.4) is 0 Å². The summed E-state index contributed by atoms with van der Waals surface area (Å²) in [4.78, 5) is 0. The van der Waals surface area contributed by atoms with Gasteiger partial charge in [-0.15, -0.1) is 6.58 Å². The molecule has 0 aromatic rings. The molecule has 0 saturated heterocycles. The smallest absolute Gasteiger partial charge is 0.0351 e. The van der Waals surface area contributed by atoms with Gasteiger partial charge in [-0.25, -0.2) is 0 Å². The molecule has 0 rings (SSSR count). The summed E-state index contributed by atoms with van der Waals surface area (Å²) in [5.74, 6) is 2.62. The lowest BCUT2D eigenvalue weighted by atomic mass is 9.84. The van der Waals surface area contributed by atoms with Crippen LogP contribution in [0.1, 0.15) is 53.4 Å². The molecular formula is C13H26. The van der Waals surface area contributed by atoms with Gasteiger partial charge in [-0.05, 0) is 37.0 Å². The van der Waals surface area contributed by atoms with Crippen LogP contribution in [0.4, 0.5) is 0 Å². The molecule has 0 aliphatic rings. The van der Waals surface area contributed by atoms with Gasteiger partial charge in [0, 0.05) is 0 Å². The summed E-state index contributed by atoms with van der Waals surface area (Å²) in [5, 5.41) is 0. The first-order chi connectivity index (χ1) is 6.11. The maximum atomic E-state index is 3.76. The van der Waals surface area contributed by atoms with Crippen LogP contribution in [-0.4, -0.2) is 0 Å². The molecule has 0 spiro atoms. The maximum Gasteiger partial charge on any atom is -0.0351 e. The molecule has 0 N–H and O–H groups in total. The molecule has 78 valence electrons. The molecule has 0 heterocycles. The fourth-order valence-electron chi connectivity index (χ4n) is 1.79. The quantitative estimate of drug-likeness (QED) is 0.502. The lowest BCUT2D eigenvalue weighted by Gasteiger charge is -2.21. The van der Waals surface area contributed by atoms with Crippen molar-refractivity contribution in [3.8, 4) is 0 Å². The Morgan fingerprint density at radius 3 is 2.23 bits per heavy atom. The standard InChI is InChI=1S/C13H26/c1-6-8-9-11(3)10-13(5)12(4)7-2/h6,11-13H,1,7-10H2,2-5H3. The Balaban J connectivity index is 3.63. The molecule has 0 aromatic carbocycles. The monoisotopic (exact) mass is 182 g/mol. The number of hydrogen-bond acceptors (Lipinski definition) is 0. The molecular weight excluding hydrogens is 156 g/mol. The van der Waals surface area contributed by atoms with Crippen molar-refractivity contribution < 1.29 is 0 Å². The van der Waals surface area contributed by atoms with Crippen molar-refractivity contribution in [2.45, 2.75) is 53.4 Å². The highest BCUT2D eigenvalue weighted by molar-refractivity contribution is 4.70. The molecule has 0 fully saturated rings. The third-order valence-corrected chi connectivity index (χ3v) is 3.25. The summed E-state index contributed by atoms with van der Waals surface area (Å²) in [6, 6.07) is 0. The lowest BCUT2D eigenvalue weighted by Crippen LogP contribution is -2.11. The molecule has 0 saturated carbocycles. The first-order valence-electron chi connectivity index (χ1n) is 5.72. The minimum absolute atomic E-state index is 0.863. The predicted octanol–water partition coefficient (Wildman–Crippen LogP) is 4.66. The van der Waals surface area contributed by atoms with Crippen molar-refractivity contribution in [2.24, 2.45) is 17.8 Å². The molecule has 0 aromatic heterocycles. The Hall–Kier alpha value is -0.260. The Morgan fingerprint density at radius 1 is 1.15 bits per heavy atom. The van der Waals surface area contributed by atoms with Gasteiger partial charge in [0.05, 0.1) is 0 Å². The van der Waals surface area contributed by atoms with Gasteiger partial charge in [0.25, 0.3) is 0 Å². The van der Waals surface area contributed by atoms with E-state index in [-0.39, 0.29) is 0 Å². The zero-order valence-corrected chi connectivity index (χ0v) is 9.84. The van der Waals surface area contributed by atoms with Crippen molar-refractivity contribution in [2.75, 3.05) is 0 Å². The minimum Gasteiger partial charge on any atom is -0.103 e. The van der Waals surface area contributed by atoms with Crippen LogP contribution in [0, 0.1) is 17.8 Å². The van der Waals surface area contributed by atoms with E-state index in [0.717, 1.165) is 17.8 Å². The second kappa shape index (κ2) is 7.17. The van der Waals surface area contributed by atoms with Gasteiger partial charge in [-0.1, -0.05) is 40.2 Å². The van der Waals surface area contributed by atoms with Crippen LogP contribution in [0.2, 0.25) is 0 Å². The fourth-order valence-corrected chi connectivity index (χ4v) is 1.79. The number of rotatable bonds is 7. The highest BCUT2D eigenvalue weighted by Gasteiger charge is 2.13. The number of allylic oxidation sites excluding steroid dienone is 1. The lowest BCUT2D eigenvalue weighted by molar-refractivity contribution is 0.299. The summed E-state index contributed by atoms with van der Waals surface area (Å²) in [5.41, 5.74) is 0. The summed E-state index contributed by atoms with van der Waals surface area (Å²) in [6.45, 7) is 13.2. The first-order valence-corrected chi connectivity index (χ1v) is 5.72. The SMILES string of the molecule is C=CCCC(C)CC(C)C(C)CC. The third kappa shape index (κ3) is 5.90. The molecule has 0 radical (unpaired) electrons. The molecule has 3 atom stereocenters. The van der Waals surface area contributed by atoms with Gasteiger partial charge in [0.15, 0.2) is 0 Å². The Kier molecular flexibility index (Phi) is 7.03. The number of hydrogen-bond donors (Lipinski definition) is 0. The van der Waals surface area contributed by atoms with Crippen LogP contribution in [0.15, 0.2) is 12.7 Å². The largest absolute Gasteiger partial charge is 0.103 e. The first kappa shape index (κ1) is 12.7. The third-order valence-electron chi connectivity index (χ3n) is 3.25. The normalized spacial score (nSPS) is 17.8. The van der Waals surface area contributed by atoms with Crippen LogP contribution >= 0.6 is 0 Å². The molecule has 0 heteroatoms. The highest BCUT2D eigenvalue weighted by atomic mass is 14.2. The zero-order valence-electron chi connectivity index (χ0n) is 9.84. The summed E-state index contributed by atoms with van der Waals surface area (Å²) < 4.78 is 0. The Labute approximate surface area is 84.4 Å². The van der Waals surface area contributed by atoms with E-state index in [0.29, 0.717) is 0 Å². The van der Waals surface area contributed by atoms with E-state index >= 15 is 0 Å². The Bertz CT molecular complexity index is 126. The van der Waals surface area contributed by atoms with Crippen molar-refractivity contribution in [3.05, 3.63) is 12.7 Å². The van der Waals surface area contributed by atoms with Gasteiger partial charge in [-0.3, -0.25) is 0 Å². The van der Waals surface area contributed by atoms with Crippen LogP contribution in [0.25, 0.3) is 0 Å². The topological polar surface area (TPSA) is 0 Å². The summed E-state index contributed by atoms with van der Waals surface area (Å²) >= 11 is 0. The van der Waals surface area contributed by atoms with Crippen LogP contribution in [0.5, 0.6) is 0 Å². The van der Waals surface area contributed by atoms with Gasteiger partial charge in [-0.2, -0.15) is 0 Å². The fraction of sp³-hybridized carbons (Fsp3) is 0.846. The van der Waals surface area contributed by atoms with Crippen LogP contribution < -0.4 is 0 Å². The van der Waals surface area contributed by atoms with E-state index < -0.39 is 0 Å². The van der Waals surface area contributed by atoms with Crippen molar-refractivity contribution >= 4 is 0 Å². The highest BCUT2D eigenvalue weighted by Crippen LogP contribution is 2.24. The average molecular weight is 182 g/mol. The average Bonchev–Trinajstić information content (AvgIpc) is 2.13. The molecule has 0 nitrogen and oxygen atoms in total. The van der Waals surface area contributed by atoms with E-state index in [1.807, 2.05) is 6.08 Å². The van der Waals surface area contributed by atoms with Gasteiger partial charge in [0.1, 0.15) is 0 Å². The second-order valence-electron chi connectivity index (χ2n) is 4.57. The van der Waals surface area contributed by atoms with Gasteiger partial charge >= 0.3 is 0 Å².